The number of rotatable bonds is 12. The zero-order valence-corrected chi connectivity index (χ0v) is 19.0. The monoisotopic (exact) mass is 474 g/mol. The molecular formula is C22H32N7O5. The number of nitrogens with one attached hydrogen (secondary N) is 4. The quantitative estimate of drug-likeness (QED) is 0.152. The highest BCUT2D eigenvalue weighted by Gasteiger charge is 2.33. The molecule has 1 unspecified atom stereocenters. The molecule has 1 saturated heterocycles. The number of nitrogens with zero attached hydrogens (tertiary/aromatic N) is 2. The summed E-state index contributed by atoms with van der Waals surface area (Å²) in [5.41, 5.74) is 6.00. The fourth-order valence-electron chi connectivity index (χ4n) is 3.35. The van der Waals surface area contributed by atoms with E-state index in [0.717, 1.165) is 5.56 Å². The van der Waals surface area contributed by atoms with E-state index in [-0.39, 0.29) is 50.4 Å². The summed E-state index contributed by atoms with van der Waals surface area (Å²) in [6.45, 7) is 1.09. The van der Waals surface area contributed by atoms with E-state index in [9.17, 15) is 19.2 Å². The molecule has 1 atom stereocenters. The molecule has 6 N–H and O–H groups in total. The van der Waals surface area contributed by atoms with E-state index in [2.05, 4.69) is 21.3 Å². The van der Waals surface area contributed by atoms with Crippen LogP contribution in [0.2, 0.25) is 0 Å². The molecule has 0 spiro atoms. The van der Waals surface area contributed by atoms with Gasteiger partial charge in [-0.2, -0.15) is 0 Å². The second-order valence-corrected chi connectivity index (χ2v) is 7.67. The Bertz CT molecular complexity index is 849. The Morgan fingerprint density at radius 2 is 1.85 bits per heavy atom. The Morgan fingerprint density at radius 1 is 1.12 bits per heavy atom. The molecule has 1 aliphatic heterocycles. The minimum atomic E-state index is -0.722. The van der Waals surface area contributed by atoms with Gasteiger partial charge in [-0.15, -0.1) is 0 Å². The highest BCUT2D eigenvalue weighted by Crippen LogP contribution is 2.12. The standard InChI is InChI=1S/C22H32N7O5/c23-21(24)27-11-5-9-18(30)25-10-4-8-17-20(32)26-12-13-29(17)19(31)14-28-22(33)34-15-16-6-2-1-3-7-16/h1-3,6-7,17H,4-5,8-15H2,(H,25,30)(H,28,33)(H4,23,24,27). The lowest BCUT2D eigenvalue weighted by Gasteiger charge is -2.34. The predicted octanol–water partition coefficient (Wildman–Crippen LogP) is -0.586. The van der Waals surface area contributed by atoms with Crippen LogP contribution < -0.4 is 27.0 Å². The van der Waals surface area contributed by atoms with E-state index in [1.165, 1.54) is 4.90 Å². The summed E-state index contributed by atoms with van der Waals surface area (Å²) in [4.78, 5) is 50.1. The summed E-state index contributed by atoms with van der Waals surface area (Å²) in [5, 5.41) is 18.8. The molecule has 0 bridgehead atoms. The van der Waals surface area contributed by atoms with Crippen LogP contribution in [0.4, 0.5) is 4.79 Å². The zero-order chi connectivity index (χ0) is 24.8. The van der Waals surface area contributed by atoms with Gasteiger partial charge < -0.3 is 31.3 Å². The lowest BCUT2D eigenvalue weighted by Crippen LogP contribution is -2.56. The van der Waals surface area contributed by atoms with Crippen LogP contribution in [0.3, 0.4) is 0 Å². The van der Waals surface area contributed by atoms with Crippen LogP contribution in [0, 0.1) is 5.41 Å². The Morgan fingerprint density at radius 3 is 2.59 bits per heavy atom. The van der Waals surface area contributed by atoms with Crippen LogP contribution in [0.15, 0.2) is 30.3 Å². The molecule has 1 heterocycles. The molecule has 0 aromatic heterocycles. The van der Waals surface area contributed by atoms with Crippen molar-refractivity contribution >= 4 is 29.8 Å². The molecule has 12 nitrogen and oxygen atoms in total. The van der Waals surface area contributed by atoms with Gasteiger partial charge in [0.25, 0.3) is 5.91 Å². The largest absolute Gasteiger partial charge is 0.445 e. The molecule has 34 heavy (non-hydrogen) atoms. The van der Waals surface area contributed by atoms with Crippen molar-refractivity contribution < 1.29 is 23.9 Å². The minimum absolute atomic E-state index is 0.0868. The normalized spacial score (nSPS) is 15.1. The van der Waals surface area contributed by atoms with Gasteiger partial charge in [0.15, 0.2) is 5.96 Å². The van der Waals surface area contributed by atoms with E-state index in [1.54, 1.807) is 0 Å². The topological polar surface area (TPSA) is 181 Å². The molecule has 0 aliphatic carbocycles. The van der Waals surface area contributed by atoms with E-state index < -0.39 is 18.0 Å². The molecule has 1 aromatic rings. The molecule has 1 fully saturated rings. The first-order valence-corrected chi connectivity index (χ1v) is 11.2. The number of hydrogen-bond acceptors (Lipinski definition) is 6. The van der Waals surface area contributed by atoms with Crippen LogP contribution in [0.1, 0.15) is 31.2 Å². The number of piperazine rings is 1. The number of hydrogen-bond donors (Lipinski definition) is 5. The molecule has 2 rings (SSSR count). The van der Waals surface area contributed by atoms with Gasteiger partial charge in [0.2, 0.25) is 11.8 Å². The molecule has 1 radical (unpaired) electrons. The molecule has 4 amide bonds. The van der Waals surface area contributed by atoms with Crippen molar-refractivity contribution in [2.45, 2.75) is 38.3 Å². The maximum atomic E-state index is 12.6. The Kier molecular flexibility index (Phi) is 11.1. The number of alkyl carbamates (subject to hydrolysis) is 1. The van der Waals surface area contributed by atoms with Gasteiger partial charge in [0.1, 0.15) is 19.2 Å². The third-order valence-electron chi connectivity index (χ3n) is 5.06. The van der Waals surface area contributed by atoms with Crippen LogP contribution in [-0.4, -0.2) is 73.4 Å². The maximum absolute atomic E-state index is 12.6. The SMILES string of the molecule is N=C(N)NCCCC(=O)NCCCC1C(=O)[N]CCN1C(=O)CNC(=O)OCc1ccccc1. The lowest BCUT2D eigenvalue weighted by molar-refractivity contribution is -0.143. The summed E-state index contributed by atoms with van der Waals surface area (Å²) in [6.07, 6.45) is 0.935. The number of amides is 4. The van der Waals surface area contributed by atoms with Gasteiger partial charge in [-0.05, 0) is 24.8 Å². The van der Waals surface area contributed by atoms with E-state index in [1.807, 2.05) is 30.3 Å². The second kappa shape index (κ2) is 14.3. The van der Waals surface area contributed by atoms with Gasteiger partial charge in [0, 0.05) is 26.1 Å². The van der Waals surface area contributed by atoms with Gasteiger partial charge in [-0.25, -0.2) is 10.1 Å². The maximum Gasteiger partial charge on any atom is 0.407 e. The smallest absolute Gasteiger partial charge is 0.407 e. The van der Waals surface area contributed by atoms with Crippen molar-refractivity contribution in [3.8, 4) is 0 Å². The van der Waals surface area contributed by atoms with Crippen molar-refractivity contribution in [2.75, 3.05) is 32.7 Å². The first-order valence-electron chi connectivity index (χ1n) is 11.2. The number of carbonyl (C=O) groups is 4. The van der Waals surface area contributed by atoms with Gasteiger partial charge in [0.05, 0.1) is 6.54 Å². The Balaban J connectivity index is 1.69. The third kappa shape index (κ3) is 9.76. The fourth-order valence-corrected chi connectivity index (χ4v) is 3.35. The number of guanidine groups is 1. The van der Waals surface area contributed by atoms with Crippen molar-refractivity contribution in [3.05, 3.63) is 35.9 Å². The highest BCUT2D eigenvalue weighted by atomic mass is 16.5. The second-order valence-electron chi connectivity index (χ2n) is 7.67. The lowest BCUT2D eigenvalue weighted by atomic mass is 10.1. The van der Waals surface area contributed by atoms with Crippen molar-refractivity contribution in [1.82, 2.24) is 26.2 Å². The number of benzene rings is 1. The Hall–Kier alpha value is -3.83. The minimum Gasteiger partial charge on any atom is -0.445 e. The van der Waals surface area contributed by atoms with Crippen LogP contribution >= 0.6 is 0 Å². The highest BCUT2D eigenvalue weighted by molar-refractivity contribution is 5.90. The molecule has 0 saturated carbocycles. The summed E-state index contributed by atoms with van der Waals surface area (Å²) in [7, 11) is 0. The first-order chi connectivity index (χ1) is 16.4. The summed E-state index contributed by atoms with van der Waals surface area (Å²) >= 11 is 0. The average molecular weight is 475 g/mol. The molecule has 12 heteroatoms. The zero-order valence-electron chi connectivity index (χ0n) is 19.0. The predicted molar refractivity (Wildman–Crippen MR) is 124 cm³/mol. The van der Waals surface area contributed by atoms with Crippen molar-refractivity contribution in [3.63, 3.8) is 0 Å². The molecule has 1 aromatic carbocycles. The summed E-state index contributed by atoms with van der Waals surface area (Å²) < 4.78 is 5.10. The number of carbonyl (C=O) groups excluding carboxylic acids is 4. The summed E-state index contributed by atoms with van der Waals surface area (Å²) in [6, 6.07) is 8.44. The van der Waals surface area contributed by atoms with Gasteiger partial charge in [-0.3, -0.25) is 19.8 Å². The molecule has 1 aliphatic rings. The van der Waals surface area contributed by atoms with Gasteiger partial charge >= 0.3 is 6.09 Å². The molecule has 185 valence electrons. The number of nitrogens with two attached hydrogens (primary N) is 1. The van der Waals surface area contributed by atoms with E-state index in [0.29, 0.717) is 32.4 Å². The van der Waals surface area contributed by atoms with Crippen LogP contribution in [0.25, 0.3) is 0 Å². The van der Waals surface area contributed by atoms with Crippen LogP contribution in [0.5, 0.6) is 0 Å². The van der Waals surface area contributed by atoms with Crippen molar-refractivity contribution in [1.29, 1.82) is 5.41 Å². The number of ether oxygens (including phenoxy) is 1. The van der Waals surface area contributed by atoms with Crippen LogP contribution in [-0.2, 0) is 25.7 Å². The fraction of sp³-hybridized carbons (Fsp3) is 0.500. The van der Waals surface area contributed by atoms with E-state index in [4.69, 9.17) is 15.9 Å². The van der Waals surface area contributed by atoms with E-state index >= 15 is 0 Å². The third-order valence-corrected chi connectivity index (χ3v) is 5.06. The Labute approximate surface area is 198 Å². The average Bonchev–Trinajstić information content (AvgIpc) is 2.83. The first kappa shape index (κ1) is 26.4. The van der Waals surface area contributed by atoms with Crippen molar-refractivity contribution in [2.24, 2.45) is 5.73 Å². The van der Waals surface area contributed by atoms with Gasteiger partial charge in [-0.1, -0.05) is 30.3 Å². The summed E-state index contributed by atoms with van der Waals surface area (Å²) in [5.74, 6) is -1.06. The molecular weight excluding hydrogens is 442 g/mol.